The second kappa shape index (κ2) is 9.10. The van der Waals surface area contributed by atoms with Gasteiger partial charge in [-0.3, -0.25) is 4.79 Å². The quantitative estimate of drug-likeness (QED) is 0.596. The lowest BCUT2D eigenvalue weighted by atomic mass is 10.1. The van der Waals surface area contributed by atoms with Gasteiger partial charge in [-0.15, -0.1) is 0 Å². The lowest BCUT2D eigenvalue weighted by Gasteiger charge is -2.19. The Bertz CT molecular complexity index is 1140. The summed E-state index contributed by atoms with van der Waals surface area (Å²) in [5.74, 6) is -3.61. The van der Waals surface area contributed by atoms with Crippen molar-refractivity contribution in [2.75, 3.05) is 5.32 Å². The minimum absolute atomic E-state index is 0.00320. The number of carbonyl (C=O) groups excluding carboxylic acids is 1. The molecule has 0 saturated heterocycles. The van der Waals surface area contributed by atoms with Gasteiger partial charge >= 0.3 is 0 Å². The molecule has 3 rings (SSSR count). The molecule has 1 atom stereocenters. The number of anilines is 1. The first kappa shape index (κ1) is 21.5. The molecule has 0 bridgehead atoms. The third kappa shape index (κ3) is 5.46. The maximum absolute atomic E-state index is 13.4. The molecule has 1 amide bonds. The second-order valence-electron chi connectivity index (χ2n) is 6.44. The number of halogens is 3. The van der Waals surface area contributed by atoms with E-state index >= 15 is 0 Å². The molecule has 30 heavy (non-hydrogen) atoms. The van der Waals surface area contributed by atoms with E-state index < -0.39 is 39.4 Å². The summed E-state index contributed by atoms with van der Waals surface area (Å²) in [6, 6.07) is 14.3. The Labute approximate surface area is 171 Å². The number of hydrogen-bond donors (Lipinski definition) is 2. The van der Waals surface area contributed by atoms with Crippen LogP contribution in [0.1, 0.15) is 5.56 Å². The molecule has 5 nitrogen and oxygen atoms in total. The first-order valence-corrected chi connectivity index (χ1v) is 10.3. The van der Waals surface area contributed by atoms with Gasteiger partial charge in [-0.2, -0.15) is 4.72 Å². The number of nitrogens with one attached hydrogen (secondary N) is 2. The molecular weight excluding hydrogens is 417 g/mol. The van der Waals surface area contributed by atoms with Crippen molar-refractivity contribution in [1.29, 1.82) is 0 Å². The van der Waals surface area contributed by atoms with Crippen molar-refractivity contribution in [2.24, 2.45) is 0 Å². The van der Waals surface area contributed by atoms with Gasteiger partial charge < -0.3 is 5.32 Å². The van der Waals surface area contributed by atoms with Crippen molar-refractivity contribution >= 4 is 21.6 Å². The molecule has 0 aromatic heterocycles. The molecule has 3 aromatic carbocycles. The lowest BCUT2D eigenvalue weighted by Crippen LogP contribution is -2.45. The molecular formula is C21H17F3N2O3S. The SMILES string of the molecule is O=C(Nc1ccc(F)c(F)c1)C(Cc1ccccc1)NS(=O)(=O)c1ccc(F)cc1. The van der Waals surface area contributed by atoms with Crippen LogP contribution in [0.4, 0.5) is 18.9 Å². The minimum atomic E-state index is -4.16. The normalized spacial score (nSPS) is 12.4. The molecule has 0 fully saturated rings. The summed E-state index contributed by atoms with van der Waals surface area (Å²) in [4.78, 5) is 12.5. The maximum atomic E-state index is 13.4. The molecule has 0 aliphatic rings. The van der Waals surface area contributed by atoms with Crippen LogP contribution in [0.5, 0.6) is 0 Å². The Kier molecular flexibility index (Phi) is 6.53. The highest BCUT2D eigenvalue weighted by Gasteiger charge is 2.26. The van der Waals surface area contributed by atoms with Crippen LogP contribution in [0.15, 0.2) is 77.7 Å². The van der Waals surface area contributed by atoms with Crippen LogP contribution in [-0.2, 0) is 21.2 Å². The van der Waals surface area contributed by atoms with E-state index in [0.717, 1.165) is 42.5 Å². The fourth-order valence-electron chi connectivity index (χ4n) is 2.71. The van der Waals surface area contributed by atoms with E-state index in [-0.39, 0.29) is 17.0 Å². The number of rotatable bonds is 7. The second-order valence-corrected chi connectivity index (χ2v) is 8.15. The molecule has 0 saturated carbocycles. The van der Waals surface area contributed by atoms with E-state index in [1.807, 2.05) is 0 Å². The highest BCUT2D eigenvalue weighted by Crippen LogP contribution is 2.16. The molecule has 0 aliphatic heterocycles. The maximum Gasteiger partial charge on any atom is 0.242 e. The Morgan fingerprint density at radius 3 is 2.17 bits per heavy atom. The summed E-state index contributed by atoms with van der Waals surface area (Å²) in [5.41, 5.74) is 0.641. The molecule has 3 aromatic rings. The fraction of sp³-hybridized carbons (Fsp3) is 0.0952. The predicted octanol–water partition coefficient (Wildman–Crippen LogP) is 3.63. The summed E-state index contributed by atoms with van der Waals surface area (Å²) >= 11 is 0. The lowest BCUT2D eigenvalue weighted by molar-refractivity contribution is -0.117. The summed E-state index contributed by atoms with van der Waals surface area (Å²) in [6.07, 6.45) is -0.00320. The summed E-state index contributed by atoms with van der Waals surface area (Å²) in [7, 11) is -4.16. The smallest absolute Gasteiger partial charge is 0.242 e. The van der Waals surface area contributed by atoms with E-state index in [0.29, 0.717) is 5.56 Å². The number of amides is 1. The molecule has 2 N–H and O–H groups in total. The molecule has 0 aliphatic carbocycles. The van der Waals surface area contributed by atoms with Gasteiger partial charge in [-0.05, 0) is 48.4 Å². The molecule has 9 heteroatoms. The van der Waals surface area contributed by atoms with E-state index in [4.69, 9.17) is 0 Å². The van der Waals surface area contributed by atoms with Crippen molar-refractivity contribution in [3.8, 4) is 0 Å². The van der Waals surface area contributed by atoms with E-state index in [1.165, 1.54) is 0 Å². The minimum Gasteiger partial charge on any atom is -0.325 e. The van der Waals surface area contributed by atoms with Crippen molar-refractivity contribution in [3.63, 3.8) is 0 Å². The van der Waals surface area contributed by atoms with Crippen LogP contribution in [-0.4, -0.2) is 20.4 Å². The average Bonchev–Trinajstić information content (AvgIpc) is 2.71. The molecule has 0 radical (unpaired) electrons. The van der Waals surface area contributed by atoms with Gasteiger partial charge in [0.25, 0.3) is 0 Å². The highest BCUT2D eigenvalue weighted by atomic mass is 32.2. The number of sulfonamides is 1. The van der Waals surface area contributed by atoms with Crippen LogP contribution < -0.4 is 10.0 Å². The van der Waals surface area contributed by atoms with Gasteiger partial charge in [0.2, 0.25) is 15.9 Å². The molecule has 0 heterocycles. The predicted molar refractivity (Wildman–Crippen MR) is 106 cm³/mol. The third-order valence-corrected chi connectivity index (χ3v) is 5.70. The van der Waals surface area contributed by atoms with E-state index in [2.05, 4.69) is 10.0 Å². The number of carbonyl (C=O) groups is 1. The van der Waals surface area contributed by atoms with Crippen molar-refractivity contribution < 1.29 is 26.4 Å². The Morgan fingerprint density at radius 2 is 1.53 bits per heavy atom. The Hall–Kier alpha value is -3.17. The first-order valence-electron chi connectivity index (χ1n) is 8.82. The summed E-state index contributed by atoms with van der Waals surface area (Å²) < 4.78 is 67.3. The van der Waals surface area contributed by atoms with Crippen LogP contribution >= 0.6 is 0 Å². The topological polar surface area (TPSA) is 75.3 Å². The zero-order valence-corrected chi connectivity index (χ0v) is 16.3. The van der Waals surface area contributed by atoms with Gasteiger partial charge in [0.1, 0.15) is 11.9 Å². The summed E-state index contributed by atoms with van der Waals surface area (Å²) in [6.45, 7) is 0. The average molecular weight is 434 g/mol. The highest BCUT2D eigenvalue weighted by molar-refractivity contribution is 7.89. The van der Waals surface area contributed by atoms with Gasteiger partial charge in [-0.25, -0.2) is 21.6 Å². The largest absolute Gasteiger partial charge is 0.325 e. The van der Waals surface area contributed by atoms with Gasteiger partial charge in [-0.1, -0.05) is 30.3 Å². The van der Waals surface area contributed by atoms with Crippen LogP contribution in [0.25, 0.3) is 0 Å². The van der Waals surface area contributed by atoms with Gasteiger partial charge in [0.05, 0.1) is 4.90 Å². The first-order chi connectivity index (χ1) is 14.2. The van der Waals surface area contributed by atoms with Crippen molar-refractivity contribution in [2.45, 2.75) is 17.4 Å². The molecule has 156 valence electrons. The van der Waals surface area contributed by atoms with Gasteiger partial charge in [0, 0.05) is 11.8 Å². The Morgan fingerprint density at radius 1 is 0.867 bits per heavy atom. The van der Waals surface area contributed by atoms with E-state index in [1.54, 1.807) is 30.3 Å². The van der Waals surface area contributed by atoms with Crippen molar-refractivity contribution in [1.82, 2.24) is 4.72 Å². The number of benzene rings is 3. The molecule has 1 unspecified atom stereocenters. The fourth-order valence-corrected chi connectivity index (χ4v) is 3.91. The molecule has 0 spiro atoms. The van der Waals surface area contributed by atoms with Gasteiger partial charge in [0.15, 0.2) is 11.6 Å². The van der Waals surface area contributed by atoms with Crippen molar-refractivity contribution in [3.05, 3.63) is 95.8 Å². The Balaban J connectivity index is 1.86. The number of hydrogen-bond acceptors (Lipinski definition) is 3. The van der Waals surface area contributed by atoms with Crippen LogP contribution in [0.3, 0.4) is 0 Å². The zero-order chi connectivity index (χ0) is 21.7. The van der Waals surface area contributed by atoms with Crippen LogP contribution in [0, 0.1) is 17.5 Å². The zero-order valence-electron chi connectivity index (χ0n) is 15.5. The summed E-state index contributed by atoms with van der Waals surface area (Å²) in [5, 5.41) is 2.38. The third-order valence-electron chi connectivity index (χ3n) is 4.21. The van der Waals surface area contributed by atoms with Crippen LogP contribution in [0.2, 0.25) is 0 Å². The monoisotopic (exact) mass is 434 g/mol. The van der Waals surface area contributed by atoms with E-state index in [9.17, 15) is 26.4 Å². The standard InChI is InChI=1S/C21H17F3N2O3S/c22-15-6-9-17(10-7-15)30(28,29)26-20(12-14-4-2-1-3-5-14)21(27)25-16-8-11-18(23)19(24)13-16/h1-11,13,20,26H,12H2,(H,25,27).